The second-order valence-corrected chi connectivity index (χ2v) is 5.76. The quantitative estimate of drug-likeness (QED) is 0.751. The average Bonchev–Trinajstić information content (AvgIpc) is 3.00. The van der Waals surface area contributed by atoms with Crippen LogP contribution in [0.3, 0.4) is 0 Å². The van der Waals surface area contributed by atoms with Gasteiger partial charge >= 0.3 is 12.2 Å². The number of urea groups is 1. The number of para-hydroxylation sites is 1. The number of aryl methyl sites for hydroxylation is 1. The number of hydrogen-bond donors (Lipinski definition) is 2. The molecule has 10 heteroatoms. The third-order valence-electron chi connectivity index (χ3n) is 3.90. The van der Waals surface area contributed by atoms with Crippen molar-refractivity contribution in [3.8, 4) is 0 Å². The second-order valence-electron chi connectivity index (χ2n) is 5.76. The van der Waals surface area contributed by atoms with Crippen molar-refractivity contribution in [3.63, 3.8) is 0 Å². The van der Waals surface area contributed by atoms with Gasteiger partial charge in [-0.2, -0.15) is 18.3 Å². The van der Waals surface area contributed by atoms with E-state index in [4.69, 9.17) is 0 Å². The number of halogens is 5. The predicted octanol–water partition coefficient (Wildman–Crippen LogP) is 4.46. The maximum Gasteiger partial charge on any atom is 0.435 e. The van der Waals surface area contributed by atoms with Gasteiger partial charge in [-0.25, -0.2) is 13.6 Å². The van der Waals surface area contributed by atoms with E-state index in [0.29, 0.717) is 0 Å². The lowest BCUT2D eigenvalue weighted by molar-refractivity contribution is -0.141. The van der Waals surface area contributed by atoms with E-state index >= 15 is 0 Å². The molecular formula is C17H13F5N4O. The van der Waals surface area contributed by atoms with Crippen LogP contribution in [0.2, 0.25) is 0 Å². The number of carbonyl (C=O) groups excluding carboxylic acids is 1. The van der Waals surface area contributed by atoms with Crippen molar-refractivity contribution in [1.29, 1.82) is 0 Å². The highest BCUT2D eigenvalue weighted by Crippen LogP contribution is 2.36. The minimum atomic E-state index is -4.68. The normalized spacial score (nSPS) is 14.3. The van der Waals surface area contributed by atoms with Gasteiger partial charge in [-0.05, 0) is 30.7 Å². The molecule has 1 aromatic heterocycles. The van der Waals surface area contributed by atoms with E-state index in [0.717, 1.165) is 23.1 Å². The Balaban J connectivity index is 1.84. The summed E-state index contributed by atoms with van der Waals surface area (Å²) in [6.45, 7) is 1.19. The third-order valence-corrected chi connectivity index (χ3v) is 3.90. The summed E-state index contributed by atoms with van der Waals surface area (Å²) in [4.78, 5) is 13.3. The first-order valence-corrected chi connectivity index (χ1v) is 7.70. The van der Waals surface area contributed by atoms with Crippen LogP contribution in [0.1, 0.15) is 17.0 Å². The number of rotatable bonds is 2. The summed E-state index contributed by atoms with van der Waals surface area (Å²) in [5, 5.41) is 7.66. The Bertz CT molecular complexity index is 925. The van der Waals surface area contributed by atoms with E-state index in [9.17, 15) is 26.7 Å². The van der Waals surface area contributed by atoms with Crippen molar-refractivity contribution < 1.29 is 26.7 Å². The zero-order valence-electron chi connectivity index (χ0n) is 13.9. The van der Waals surface area contributed by atoms with Crippen LogP contribution in [-0.2, 0) is 6.18 Å². The molecule has 5 nitrogen and oxygen atoms in total. The van der Waals surface area contributed by atoms with E-state index in [1.165, 1.54) is 25.3 Å². The van der Waals surface area contributed by atoms with Crippen molar-refractivity contribution in [1.82, 2.24) is 15.1 Å². The third kappa shape index (κ3) is 3.69. The van der Waals surface area contributed by atoms with E-state index in [2.05, 4.69) is 15.5 Å². The molecule has 0 fully saturated rings. The Morgan fingerprint density at radius 1 is 1.26 bits per heavy atom. The van der Waals surface area contributed by atoms with Gasteiger partial charge < -0.3 is 5.32 Å². The molecule has 2 amide bonds. The summed E-state index contributed by atoms with van der Waals surface area (Å²) in [5.41, 5.74) is -1.53. The lowest BCUT2D eigenvalue weighted by Crippen LogP contribution is -2.33. The van der Waals surface area contributed by atoms with E-state index < -0.39 is 35.2 Å². The Kier molecular flexibility index (Phi) is 4.73. The van der Waals surface area contributed by atoms with Crippen LogP contribution in [-0.4, -0.2) is 27.7 Å². The topological polar surface area (TPSA) is 61.0 Å². The molecule has 2 heterocycles. The SMILES string of the molecule is Cc1[nH]nc(C(F)(F)F)c1C1=CC=CN(C(=O)Nc2c(F)cccc2F)C1. The van der Waals surface area contributed by atoms with Gasteiger partial charge in [0.05, 0.1) is 6.54 Å². The molecule has 0 radical (unpaired) electrons. The number of benzene rings is 1. The molecule has 0 atom stereocenters. The molecule has 0 bridgehead atoms. The van der Waals surface area contributed by atoms with Gasteiger partial charge in [0.1, 0.15) is 17.3 Å². The number of alkyl halides is 3. The van der Waals surface area contributed by atoms with Crippen LogP contribution in [0.5, 0.6) is 0 Å². The molecule has 2 N–H and O–H groups in total. The number of amides is 2. The highest BCUT2D eigenvalue weighted by Gasteiger charge is 2.38. The summed E-state index contributed by atoms with van der Waals surface area (Å²) < 4.78 is 66.8. The van der Waals surface area contributed by atoms with Gasteiger partial charge in [-0.15, -0.1) is 0 Å². The molecule has 0 unspecified atom stereocenters. The van der Waals surface area contributed by atoms with Gasteiger partial charge in [0.15, 0.2) is 5.69 Å². The van der Waals surface area contributed by atoms with Crippen molar-refractivity contribution in [2.24, 2.45) is 0 Å². The fourth-order valence-electron chi connectivity index (χ4n) is 2.68. The number of anilines is 1. The molecule has 1 aliphatic heterocycles. The molecule has 2 aromatic rings. The molecule has 27 heavy (non-hydrogen) atoms. The number of hydrogen-bond acceptors (Lipinski definition) is 2. The highest BCUT2D eigenvalue weighted by molar-refractivity contribution is 5.92. The van der Waals surface area contributed by atoms with Crippen LogP contribution in [0.25, 0.3) is 5.57 Å². The Labute approximate surface area is 150 Å². The summed E-state index contributed by atoms with van der Waals surface area (Å²) in [6.07, 6.45) is -0.602. The Morgan fingerprint density at radius 2 is 1.93 bits per heavy atom. The first kappa shape index (κ1) is 18.6. The first-order chi connectivity index (χ1) is 12.7. The number of aromatic nitrogens is 2. The van der Waals surface area contributed by atoms with Crippen LogP contribution in [0.15, 0.2) is 36.6 Å². The number of allylic oxidation sites excluding steroid dienone is 2. The zero-order valence-corrected chi connectivity index (χ0v) is 13.9. The largest absolute Gasteiger partial charge is 0.435 e. The predicted molar refractivity (Wildman–Crippen MR) is 87.5 cm³/mol. The smallest absolute Gasteiger partial charge is 0.302 e. The Hall–Kier alpha value is -3.17. The van der Waals surface area contributed by atoms with Crippen molar-refractivity contribution >= 4 is 17.3 Å². The van der Waals surface area contributed by atoms with Gasteiger partial charge in [-0.3, -0.25) is 10.00 Å². The summed E-state index contributed by atoms with van der Waals surface area (Å²) in [7, 11) is 0. The second kappa shape index (κ2) is 6.86. The molecular weight excluding hydrogens is 371 g/mol. The highest BCUT2D eigenvalue weighted by atomic mass is 19.4. The summed E-state index contributed by atoms with van der Waals surface area (Å²) >= 11 is 0. The standard InChI is InChI=1S/C17H13F5N4O/c1-9-13(15(25-24-9)17(20,21)22)10-4-3-7-26(8-10)16(27)23-14-11(18)5-2-6-12(14)19/h2-7H,8H2,1H3,(H,23,27)(H,24,25). The van der Waals surface area contributed by atoms with Crippen LogP contribution >= 0.6 is 0 Å². The molecule has 1 aliphatic rings. The van der Waals surface area contributed by atoms with Crippen molar-refractivity contribution in [3.05, 3.63) is 65.1 Å². The average molecular weight is 384 g/mol. The molecule has 1 aromatic carbocycles. The minimum absolute atomic E-state index is 0.165. The Morgan fingerprint density at radius 3 is 2.56 bits per heavy atom. The summed E-state index contributed by atoms with van der Waals surface area (Å²) in [5.74, 6) is -1.93. The van der Waals surface area contributed by atoms with E-state index in [-0.39, 0.29) is 23.4 Å². The molecule has 0 spiro atoms. The monoisotopic (exact) mass is 384 g/mol. The number of aromatic amines is 1. The van der Waals surface area contributed by atoms with Gasteiger partial charge in [0.25, 0.3) is 0 Å². The van der Waals surface area contributed by atoms with Crippen LogP contribution < -0.4 is 5.32 Å². The molecule has 142 valence electrons. The molecule has 0 saturated carbocycles. The van der Waals surface area contributed by atoms with Crippen molar-refractivity contribution in [2.75, 3.05) is 11.9 Å². The van der Waals surface area contributed by atoms with E-state index in [1.54, 1.807) is 0 Å². The van der Waals surface area contributed by atoms with Gasteiger partial charge in [0, 0.05) is 17.5 Å². The number of nitrogens with one attached hydrogen (secondary N) is 2. The number of H-pyrrole nitrogens is 1. The fourth-order valence-corrected chi connectivity index (χ4v) is 2.68. The summed E-state index contributed by atoms with van der Waals surface area (Å²) in [6, 6.07) is 2.19. The molecule has 3 rings (SSSR count). The fraction of sp³-hybridized carbons (Fsp3) is 0.176. The molecule has 0 saturated heterocycles. The maximum atomic E-state index is 13.7. The lowest BCUT2D eigenvalue weighted by Gasteiger charge is -2.24. The van der Waals surface area contributed by atoms with E-state index in [1.807, 2.05) is 0 Å². The first-order valence-electron chi connectivity index (χ1n) is 7.70. The minimum Gasteiger partial charge on any atom is -0.302 e. The van der Waals surface area contributed by atoms with Crippen molar-refractivity contribution in [2.45, 2.75) is 13.1 Å². The maximum absolute atomic E-state index is 13.7. The van der Waals surface area contributed by atoms with Crippen LogP contribution in [0, 0.1) is 18.6 Å². The van der Waals surface area contributed by atoms with Crippen LogP contribution in [0.4, 0.5) is 32.4 Å². The lowest BCUT2D eigenvalue weighted by atomic mass is 10.0. The zero-order chi connectivity index (χ0) is 19.8. The number of nitrogens with zero attached hydrogens (tertiary/aromatic N) is 2. The molecule has 0 aliphatic carbocycles. The number of carbonyl (C=O) groups is 1. The van der Waals surface area contributed by atoms with Gasteiger partial charge in [-0.1, -0.05) is 12.1 Å². The van der Waals surface area contributed by atoms with Gasteiger partial charge in [0.2, 0.25) is 0 Å².